The van der Waals surface area contributed by atoms with Gasteiger partial charge in [-0.05, 0) is 31.5 Å². The van der Waals surface area contributed by atoms with Gasteiger partial charge in [-0.2, -0.15) is 23.5 Å². The van der Waals surface area contributed by atoms with Gasteiger partial charge >= 0.3 is 6.18 Å². The highest BCUT2D eigenvalue weighted by molar-refractivity contribution is 7.99. The molecule has 0 bridgehead atoms. The molecule has 1 N–H and O–H groups in total. The number of alkyl halides is 3. The van der Waals surface area contributed by atoms with E-state index in [9.17, 15) is 18.0 Å². The third-order valence-electron chi connectivity index (χ3n) is 4.71. The number of hydrogen-bond acceptors (Lipinski definition) is 5. The highest BCUT2D eigenvalue weighted by Crippen LogP contribution is 2.33. The van der Waals surface area contributed by atoms with Crippen LogP contribution in [0.15, 0.2) is 29.4 Å². The number of thioether (sulfide) groups is 1. The molecule has 0 aliphatic carbocycles. The number of nitrogens with zero attached hydrogens (tertiary/aromatic N) is 5. The van der Waals surface area contributed by atoms with Crippen molar-refractivity contribution in [3.63, 3.8) is 0 Å². The monoisotopic (exact) mass is 464 g/mol. The van der Waals surface area contributed by atoms with Crippen molar-refractivity contribution in [1.82, 2.24) is 19.3 Å². The molecule has 7 nitrogen and oxygen atoms in total. The lowest BCUT2D eigenvalue weighted by Gasteiger charge is -2.10. The number of nitriles is 1. The Morgan fingerprint density at radius 1 is 1.28 bits per heavy atom. The maximum absolute atomic E-state index is 13.1. The molecule has 2 aromatic heterocycles. The molecule has 0 aliphatic heterocycles. The number of hydrogen-bond donors (Lipinski definition) is 1. The Hall–Kier alpha value is -3.00. The maximum Gasteiger partial charge on any atom is 0.416 e. The van der Waals surface area contributed by atoms with Crippen LogP contribution in [0.5, 0.6) is 0 Å². The van der Waals surface area contributed by atoms with Crippen molar-refractivity contribution in [2.45, 2.75) is 57.5 Å². The summed E-state index contributed by atoms with van der Waals surface area (Å²) in [5.41, 5.74) is 0.830. The number of aryl methyl sites for hydroxylation is 3. The van der Waals surface area contributed by atoms with Crippen LogP contribution in [0.4, 0.5) is 19.0 Å². The first-order valence-electron chi connectivity index (χ1n) is 10.1. The van der Waals surface area contributed by atoms with Gasteiger partial charge in [-0.15, -0.1) is 0 Å². The van der Waals surface area contributed by atoms with Crippen LogP contribution in [0, 0.1) is 18.3 Å². The fourth-order valence-corrected chi connectivity index (χ4v) is 4.05. The summed E-state index contributed by atoms with van der Waals surface area (Å²) in [6, 6.07) is 7.29. The Balaban J connectivity index is 1.77. The minimum Gasteiger partial charge on any atom is -0.319 e. The first-order chi connectivity index (χ1) is 15.2. The first-order valence-corrected chi connectivity index (χ1v) is 11.1. The summed E-state index contributed by atoms with van der Waals surface area (Å²) in [6.07, 6.45) is -2.43. The summed E-state index contributed by atoms with van der Waals surface area (Å²) in [4.78, 5) is 16.9. The largest absolute Gasteiger partial charge is 0.416 e. The Labute approximate surface area is 187 Å². The van der Waals surface area contributed by atoms with E-state index in [1.807, 2.05) is 17.6 Å². The molecule has 1 aromatic carbocycles. The van der Waals surface area contributed by atoms with Crippen LogP contribution >= 0.6 is 11.8 Å². The lowest BCUT2D eigenvalue weighted by Crippen LogP contribution is -2.18. The van der Waals surface area contributed by atoms with Gasteiger partial charge in [0.1, 0.15) is 5.82 Å². The number of carbonyl (C=O) groups is 1. The molecule has 0 atom stereocenters. The Bertz CT molecular complexity index is 1150. The number of anilines is 1. The van der Waals surface area contributed by atoms with Gasteiger partial charge in [-0.1, -0.05) is 25.1 Å². The summed E-state index contributed by atoms with van der Waals surface area (Å²) in [5, 5.41) is 16.3. The average Bonchev–Trinajstić information content (AvgIpc) is 3.26. The number of rotatable bonds is 9. The Morgan fingerprint density at radius 2 is 2.06 bits per heavy atom. The SMILES string of the molecule is CCCCn1c(SCC(=O)Nc2cc(C)nn2CCC#N)nc2cc(C(F)(F)F)ccc21. The molecule has 170 valence electrons. The van der Waals surface area contributed by atoms with E-state index in [4.69, 9.17) is 5.26 Å². The second kappa shape index (κ2) is 10.1. The van der Waals surface area contributed by atoms with Gasteiger partial charge in [-0.25, -0.2) is 9.67 Å². The Morgan fingerprint density at radius 3 is 2.75 bits per heavy atom. The number of carbonyl (C=O) groups excluding carboxylic acids is 1. The second-order valence-corrected chi connectivity index (χ2v) is 8.18. The van der Waals surface area contributed by atoms with E-state index in [-0.39, 0.29) is 23.6 Å². The second-order valence-electron chi connectivity index (χ2n) is 7.24. The quantitative estimate of drug-likeness (QED) is 0.450. The highest BCUT2D eigenvalue weighted by atomic mass is 32.2. The van der Waals surface area contributed by atoms with Crippen LogP contribution in [-0.2, 0) is 24.1 Å². The lowest BCUT2D eigenvalue weighted by atomic mass is 10.2. The van der Waals surface area contributed by atoms with E-state index in [2.05, 4.69) is 15.4 Å². The highest BCUT2D eigenvalue weighted by Gasteiger charge is 2.31. The zero-order valence-electron chi connectivity index (χ0n) is 17.7. The topological polar surface area (TPSA) is 88.5 Å². The van der Waals surface area contributed by atoms with Crippen molar-refractivity contribution in [1.29, 1.82) is 5.26 Å². The number of nitrogens with one attached hydrogen (secondary N) is 1. The van der Waals surface area contributed by atoms with Gasteiger partial charge in [0.15, 0.2) is 5.16 Å². The van der Waals surface area contributed by atoms with E-state index in [1.54, 1.807) is 17.7 Å². The van der Waals surface area contributed by atoms with Gasteiger partial charge in [0.05, 0.1) is 47.1 Å². The number of benzene rings is 1. The van der Waals surface area contributed by atoms with Crippen molar-refractivity contribution in [3.8, 4) is 6.07 Å². The minimum absolute atomic E-state index is 0.0318. The maximum atomic E-state index is 13.1. The molecule has 2 heterocycles. The molecule has 0 spiro atoms. The summed E-state index contributed by atoms with van der Waals surface area (Å²) in [5.74, 6) is 0.236. The summed E-state index contributed by atoms with van der Waals surface area (Å²) < 4.78 is 42.7. The number of unbranched alkanes of at least 4 members (excludes halogenated alkanes) is 1. The smallest absolute Gasteiger partial charge is 0.319 e. The number of halogens is 3. The van der Waals surface area contributed by atoms with E-state index >= 15 is 0 Å². The van der Waals surface area contributed by atoms with Gasteiger partial charge in [0.2, 0.25) is 5.91 Å². The summed E-state index contributed by atoms with van der Waals surface area (Å²) in [7, 11) is 0. The molecular weight excluding hydrogens is 441 g/mol. The summed E-state index contributed by atoms with van der Waals surface area (Å²) in [6.45, 7) is 4.78. The number of amides is 1. The van der Waals surface area contributed by atoms with Crippen molar-refractivity contribution in [2.75, 3.05) is 11.1 Å². The molecule has 0 saturated heterocycles. The molecule has 0 radical (unpaired) electrons. The molecule has 32 heavy (non-hydrogen) atoms. The standard InChI is InChI=1S/C21H23F3N6OS/c1-3-4-9-29-17-7-6-15(21(22,23)24)12-16(17)26-20(29)32-13-19(31)27-18-11-14(2)28-30(18)10-5-8-25/h6-7,11-12H,3-5,9-10,13H2,1-2H3,(H,27,31). The van der Waals surface area contributed by atoms with Gasteiger partial charge in [0.25, 0.3) is 0 Å². The third-order valence-corrected chi connectivity index (χ3v) is 5.69. The van der Waals surface area contributed by atoms with Crippen molar-refractivity contribution in [2.24, 2.45) is 0 Å². The van der Waals surface area contributed by atoms with E-state index in [0.717, 1.165) is 25.0 Å². The molecule has 0 fully saturated rings. The van der Waals surface area contributed by atoms with Gasteiger partial charge < -0.3 is 9.88 Å². The van der Waals surface area contributed by atoms with Crippen LogP contribution < -0.4 is 5.32 Å². The van der Waals surface area contributed by atoms with E-state index < -0.39 is 11.7 Å². The normalized spacial score (nSPS) is 11.6. The molecule has 0 aliphatic rings. The zero-order valence-corrected chi connectivity index (χ0v) is 18.6. The van der Waals surface area contributed by atoms with Crippen LogP contribution in [0.2, 0.25) is 0 Å². The molecule has 1 amide bonds. The molecule has 3 aromatic rings. The van der Waals surface area contributed by atoms with Crippen molar-refractivity contribution < 1.29 is 18.0 Å². The summed E-state index contributed by atoms with van der Waals surface area (Å²) >= 11 is 1.17. The van der Waals surface area contributed by atoms with Gasteiger partial charge in [-0.3, -0.25) is 4.79 Å². The molecule has 0 saturated carbocycles. The van der Waals surface area contributed by atoms with Crippen LogP contribution in [0.1, 0.15) is 37.4 Å². The minimum atomic E-state index is -4.44. The fourth-order valence-electron chi connectivity index (χ4n) is 3.21. The predicted octanol–water partition coefficient (Wildman–Crippen LogP) is 5.00. The molecule has 3 rings (SSSR count). The number of aromatic nitrogens is 4. The van der Waals surface area contributed by atoms with Crippen LogP contribution in [0.25, 0.3) is 11.0 Å². The van der Waals surface area contributed by atoms with Crippen LogP contribution in [0.3, 0.4) is 0 Å². The van der Waals surface area contributed by atoms with E-state index in [1.165, 1.54) is 17.8 Å². The molecule has 11 heteroatoms. The Kier molecular flexibility index (Phi) is 7.45. The lowest BCUT2D eigenvalue weighted by molar-refractivity contribution is -0.137. The van der Waals surface area contributed by atoms with E-state index in [0.29, 0.717) is 35.3 Å². The van der Waals surface area contributed by atoms with Crippen LogP contribution in [-0.4, -0.2) is 31.0 Å². The zero-order chi connectivity index (χ0) is 23.3. The number of fused-ring (bicyclic) bond motifs is 1. The first kappa shape index (κ1) is 23.7. The third kappa shape index (κ3) is 5.62. The average molecular weight is 465 g/mol. The molecule has 0 unspecified atom stereocenters. The number of imidazole rings is 1. The van der Waals surface area contributed by atoms with Gasteiger partial charge in [0, 0.05) is 12.6 Å². The molecular formula is C21H23F3N6OS. The fraction of sp³-hybridized carbons (Fsp3) is 0.429. The van der Waals surface area contributed by atoms with Crippen molar-refractivity contribution in [3.05, 3.63) is 35.5 Å². The predicted molar refractivity (Wildman–Crippen MR) is 116 cm³/mol. The van der Waals surface area contributed by atoms with Crippen molar-refractivity contribution >= 4 is 34.5 Å².